The Hall–Kier alpha value is -3.53. The van der Waals surface area contributed by atoms with Crippen molar-refractivity contribution in [2.75, 3.05) is 0 Å². The minimum Gasteiger partial charge on any atom is -0.489 e. The maximum Gasteiger partial charge on any atom is 0.224 e. The second-order valence-corrected chi connectivity index (χ2v) is 7.59. The lowest BCUT2D eigenvalue weighted by molar-refractivity contribution is -0.121. The molecule has 1 amide bonds. The minimum absolute atomic E-state index is 0.00552. The van der Waals surface area contributed by atoms with Gasteiger partial charge in [-0.25, -0.2) is 0 Å². The Bertz CT molecular complexity index is 1130. The summed E-state index contributed by atoms with van der Waals surface area (Å²) in [7, 11) is 0. The summed E-state index contributed by atoms with van der Waals surface area (Å²) < 4.78 is 5.98. The highest BCUT2D eigenvalue weighted by Crippen LogP contribution is 2.27. The summed E-state index contributed by atoms with van der Waals surface area (Å²) in [5.74, 6) is 0.802. The van der Waals surface area contributed by atoms with E-state index in [0.717, 1.165) is 39.0 Å². The number of amides is 1. The summed E-state index contributed by atoms with van der Waals surface area (Å²) >= 11 is 0. The zero-order valence-corrected chi connectivity index (χ0v) is 17.3. The van der Waals surface area contributed by atoms with Crippen molar-refractivity contribution in [3.63, 3.8) is 0 Å². The van der Waals surface area contributed by atoms with Crippen LogP contribution >= 0.6 is 0 Å². The molecule has 0 radical (unpaired) electrons. The molecule has 0 aliphatic rings. The smallest absolute Gasteiger partial charge is 0.224 e. The molecular weight excluding hydrogens is 372 g/mol. The fraction of sp³-hybridized carbons (Fsp3) is 0.192. The summed E-state index contributed by atoms with van der Waals surface area (Å²) in [5.41, 5.74) is 5.24. The first-order chi connectivity index (χ1) is 14.6. The molecule has 2 N–H and O–H groups in total. The van der Waals surface area contributed by atoms with Gasteiger partial charge in [0.05, 0.1) is 12.5 Å². The van der Waals surface area contributed by atoms with Crippen molar-refractivity contribution >= 4 is 16.8 Å². The van der Waals surface area contributed by atoms with Crippen molar-refractivity contribution in [3.05, 3.63) is 101 Å². The van der Waals surface area contributed by atoms with E-state index in [-0.39, 0.29) is 11.9 Å². The molecule has 0 unspecified atom stereocenters. The van der Waals surface area contributed by atoms with Crippen LogP contribution < -0.4 is 10.1 Å². The summed E-state index contributed by atoms with van der Waals surface area (Å²) in [6.45, 7) is 4.53. The van der Waals surface area contributed by atoms with Gasteiger partial charge < -0.3 is 15.0 Å². The number of fused-ring (bicyclic) bond motifs is 1. The molecule has 4 nitrogen and oxygen atoms in total. The van der Waals surface area contributed by atoms with Crippen LogP contribution in [-0.4, -0.2) is 10.9 Å². The van der Waals surface area contributed by atoms with E-state index >= 15 is 0 Å². The molecule has 4 aromatic rings. The van der Waals surface area contributed by atoms with E-state index in [1.807, 2.05) is 92.7 Å². The predicted molar refractivity (Wildman–Crippen MR) is 121 cm³/mol. The molecule has 0 aliphatic carbocycles. The van der Waals surface area contributed by atoms with Crippen molar-refractivity contribution in [1.82, 2.24) is 10.3 Å². The third-order valence-electron chi connectivity index (χ3n) is 5.35. The third kappa shape index (κ3) is 4.54. The molecule has 1 heterocycles. The summed E-state index contributed by atoms with van der Waals surface area (Å²) in [5, 5.41) is 4.13. The molecule has 30 heavy (non-hydrogen) atoms. The summed E-state index contributed by atoms with van der Waals surface area (Å²) in [4.78, 5) is 16.1. The van der Waals surface area contributed by atoms with Crippen LogP contribution in [0.15, 0.2) is 78.9 Å². The Kier molecular flexibility index (Phi) is 5.84. The number of nitrogens with one attached hydrogen (secondary N) is 2. The molecule has 0 spiro atoms. The number of hydrogen-bond acceptors (Lipinski definition) is 2. The minimum atomic E-state index is -0.0334. The lowest BCUT2D eigenvalue weighted by atomic mass is 10.1. The maximum atomic E-state index is 12.7. The summed E-state index contributed by atoms with van der Waals surface area (Å²) in [6, 6.07) is 26.0. The van der Waals surface area contributed by atoms with Crippen molar-refractivity contribution in [2.24, 2.45) is 0 Å². The molecule has 152 valence electrons. The molecule has 0 saturated heterocycles. The topological polar surface area (TPSA) is 54.1 Å². The van der Waals surface area contributed by atoms with Crippen LogP contribution in [0.3, 0.4) is 0 Å². The van der Waals surface area contributed by atoms with Gasteiger partial charge in [0.1, 0.15) is 12.4 Å². The monoisotopic (exact) mass is 398 g/mol. The average molecular weight is 399 g/mol. The molecule has 1 aromatic heterocycles. The van der Waals surface area contributed by atoms with Gasteiger partial charge in [0.15, 0.2) is 0 Å². The number of hydrogen-bond donors (Lipinski definition) is 2. The second-order valence-electron chi connectivity index (χ2n) is 7.59. The molecule has 1 atom stereocenters. The van der Waals surface area contributed by atoms with Crippen LogP contribution in [0.5, 0.6) is 5.75 Å². The van der Waals surface area contributed by atoms with Gasteiger partial charge in [-0.3, -0.25) is 4.79 Å². The normalized spacial score (nSPS) is 11.9. The zero-order valence-electron chi connectivity index (χ0n) is 17.3. The highest BCUT2D eigenvalue weighted by molar-refractivity contribution is 5.91. The number of ether oxygens (including phenoxy) is 1. The number of aromatic nitrogens is 1. The van der Waals surface area contributed by atoms with Gasteiger partial charge in [0.25, 0.3) is 0 Å². The number of carbonyl (C=O) groups excluding carboxylic acids is 1. The van der Waals surface area contributed by atoms with Crippen molar-refractivity contribution in [1.29, 1.82) is 0 Å². The Morgan fingerprint density at radius 3 is 2.43 bits per heavy atom. The number of benzene rings is 3. The Morgan fingerprint density at radius 1 is 1.00 bits per heavy atom. The maximum absolute atomic E-state index is 12.7. The van der Waals surface area contributed by atoms with Crippen LogP contribution in [-0.2, 0) is 17.8 Å². The van der Waals surface area contributed by atoms with E-state index < -0.39 is 0 Å². The average Bonchev–Trinajstić information content (AvgIpc) is 3.08. The number of aryl methyl sites for hydroxylation is 1. The van der Waals surface area contributed by atoms with Gasteiger partial charge >= 0.3 is 0 Å². The molecule has 0 saturated carbocycles. The predicted octanol–water partition coefficient (Wildman–Crippen LogP) is 5.48. The molecule has 0 aliphatic heterocycles. The van der Waals surface area contributed by atoms with Crippen LogP contribution in [0.4, 0.5) is 0 Å². The number of rotatable bonds is 7. The van der Waals surface area contributed by atoms with E-state index in [2.05, 4.69) is 10.3 Å². The summed E-state index contributed by atoms with van der Waals surface area (Å²) in [6.07, 6.45) is 0.325. The van der Waals surface area contributed by atoms with Crippen LogP contribution in [0.1, 0.15) is 35.3 Å². The molecule has 4 rings (SSSR count). The molecule has 0 fully saturated rings. The van der Waals surface area contributed by atoms with Gasteiger partial charge in [-0.05, 0) is 48.7 Å². The van der Waals surface area contributed by atoms with Crippen LogP contribution in [0, 0.1) is 6.92 Å². The fourth-order valence-electron chi connectivity index (χ4n) is 3.70. The van der Waals surface area contributed by atoms with Crippen LogP contribution in [0.25, 0.3) is 10.9 Å². The first-order valence-electron chi connectivity index (χ1n) is 10.2. The van der Waals surface area contributed by atoms with Gasteiger partial charge in [-0.15, -0.1) is 0 Å². The number of H-pyrrole nitrogens is 1. The van der Waals surface area contributed by atoms with E-state index in [1.54, 1.807) is 0 Å². The quantitative estimate of drug-likeness (QED) is 0.433. The van der Waals surface area contributed by atoms with Crippen molar-refractivity contribution in [2.45, 2.75) is 32.9 Å². The van der Waals surface area contributed by atoms with Gasteiger partial charge in [0, 0.05) is 16.6 Å². The second kappa shape index (κ2) is 8.87. The first kappa shape index (κ1) is 19.8. The SMILES string of the molecule is Cc1[nH]c2ccc(OCc3ccccc3)cc2c1CC(=O)N[C@@H](C)c1ccccc1. The van der Waals surface area contributed by atoms with E-state index in [4.69, 9.17) is 4.74 Å². The largest absolute Gasteiger partial charge is 0.489 e. The number of carbonyl (C=O) groups is 1. The number of aromatic amines is 1. The highest BCUT2D eigenvalue weighted by atomic mass is 16.5. The van der Waals surface area contributed by atoms with Crippen LogP contribution in [0.2, 0.25) is 0 Å². The highest BCUT2D eigenvalue weighted by Gasteiger charge is 2.15. The zero-order chi connectivity index (χ0) is 20.9. The van der Waals surface area contributed by atoms with Gasteiger partial charge in [-0.1, -0.05) is 60.7 Å². The Labute approximate surface area is 176 Å². The lowest BCUT2D eigenvalue weighted by Gasteiger charge is -2.14. The van der Waals surface area contributed by atoms with E-state index in [9.17, 15) is 4.79 Å². The van der Waals surface area contributed by atoms with Gasteiger partial charge in [0.2, 0.25) is 5.91 Å². The lowest BCUT2D eigenvalue weighted by Crippen LogP contribution is -2.28. The fourth-order valence-corrected chi connectivity index (χ4v) is 3.70. The van der Waals surface area contributed by atoms with Crippen molar-refractivity contribution in [3.8, 4) is 5.75 Å². The first-order valence-corrected chi connectivity index (χ1v) is 10.2. The Morgan fingerprint density at radius 2 is 1.70 bits per heavy atom. The van der Waals surface area contributed by atoms with E-state index in [0.29, 0.717) is 13.0 Å². The van der Waals surface area contributed by atoms with E-state index in [1.165, 1.54) is 0 Å². The molecule has 0 bridgehead atoms. The molecule has 4 heteroatoms. The molecular formula is C26H26N2O2. The molecule has 3 aromatic carbocycles. The third-order valence-corrected chi connectivity index (χ3v) is 5.35. The van der Waals surface area contributed by atoms with Gasteiger partial charge in [-0.2, -0.15) is 0 Å². The standard InChI is InChI=1S/C26H26N2O2/c1-18(21-11-7-4-8-12-21)28-26(29)16-23-19(2)27-25-14-13-22(15-24(23)25)30-17-20-9-5-3-6-10-20/h3-15,18,27H,16-17H2,1-2H3,(H,28,29)/t18-/m0/s1. The van der Waals surface area contributed by atoms with Crippen molar-refractivity contribution < 1.29 is 9.53 Å². The Balaban J connectivity index is 1.49.